The molecule has 0 bridgehead atoms. The van der Waals surface area contributed by atoms with Gasteiger partial charge in [-0.05, 0) is 55.0 Å². The molecule has 0 aliphatic carbocycles. The van der Waals surface area contributed by atoms with Crippen molar-refractivity contribution in [2.75, 3.05) is 10.0 Å². The lowest BCUT2D eigenvalue weighted by Gasteiger charge is -2.11. The number of benzene rings is 3. The van der Waals surface area contributed by atoms with Crippen molar-refractivity contribution in [3.8, 4) is 0 Å². The van der Waals surface area contributed by atoms with Crippen LogP contribution in [0.15, 0.2) is 77.7 Å². The van der Waals surface area contributed by atoms with Crippen LogP contribution in [0.25, 0.3) is 0 Å². The lowest BCUT2D eigenvalue weighted by atomic mass is 10.1. The van der Waals surface area contributed by atoms with Crippen LogP contribution in [0.1, 0.15) is 15.9 Å². The van der Waals surface area contributed by atoms with Gasteiger partial charge in [-0.1, -0.05) is 41.9 Å². The van der Waals surface area contributed by atoms with E-state index >= 15 is 0 Å². The van der Waals surface area contributed by atoms with Crippen LogP contribution in [0.4, 0.5) is 11.4 Å². The zero-order chi connectivity index (χ0) is 19.4. The average molecular weight is 401 g/mol. The van der Waals surface area contributed by atoms with Crippen LogP contribution >= 0.6 is 11.6 Å². The Kier molecular flexibility index (Phi) is 5.48. The molecule has 0 aromatic heterocycles. The van der Waals surface area contributed by atoms with Gasteiger partial charge in [-0.25, -0.2) is 8.42 Å². The van der Waals surface area contributed by atoms with E-state index in [0.29, 0.717) is 5.69 Å². The third kappa shape index (κ3) is 4.67. The molecule has 0 radical (unpaired) electrons. The summed E-state index contributed by atoms with van der Waals surface area (Å²) in [6.45, 7) is 1.92. The number of hydrogen-bond donors (Lipinski definition) is 2. The third-order valence-electron chi connectivity index (χ3n) is 3.79. The minimum Gasteiger partial charge on any atom is -0.322 e. The van der Waals surface area contributed by atoms with E-state index in [4.69, 9.17) is 11.6 Å². The van der Waals surface area contributed by atoms with Crippen molar-refractivity contribution in [2.45, 2.75) is 11.8 Å². The second kappa shape index (κ2) is 7.82. The molecule has 3 aromatic rings. The largest absolute Gasteiger partial charge is 0.322 e. The van der Waals surface area contributed by atoms with Crippen molar-refractivity contribution in [1.82, 2.24) is 0 Å². The van der Waals surface area contributed by atoms with Crippen LogP contribution in [0, 0.1) is 6.92 Å². The number of carbonyl (C=O) groups excluding carboxylic acids is 1. The predicted octanol–water partition coefficient (Wildman–Crippen LogP) is 4.70. The predicted molar refractivity (Wildman–Crippen MR) is 108 cm³/mol. The number of aryl methyl sites for hydroxylation is 1. The summed E-state index contributed by atoms with van der Waals surface area (Å²) in [5.41, 5.74) is 2.05. The van der Waals surface area contributed by atoms with Crippen LogP contribution in [0.2, 0.25) is 5.02 Å². The van der Waals surface area contributed by atoms with Gasteiger partial charge in [0.05, 0.1) is 15.5 Å². The highest BCUT2D eigenvalue weighted by atomic mass is 35.5. The van der Waals surface area contributed by atoms with Gasteiger partial charge in [-0.2, -0.15) is 0 Å². The molecule has 7 heteroatoms. The third-order valence-corrected chi connectivity index (χ3v) is 5.52. The Morgan fingerprint density at radius 1 is 0.889 bits per heavy atom. The monoisotopic (exact) mass is 400 g/mol. The number of anilines is 2. The Morgan fingerprint density at radius 3 is 2.33 bits per heavy atom. The molecule has 0 atom stereocenters. The van der Waals surface area contributed by atoms with Crippen LogP contribution in [-0.4, -0.2) is 14.3 Å². The van der Waals surface area contributed by atoms with Crippen molar-refractivity contribution >= 4 is 38.9 Å². The Morgan fingerprint density at radius 2 is 1.63 bits per heavy atom. The molecule has 0 spiro atoms. The van der Waals surface area contributed by atoms with Crippen molar-refractivity contribution in [3.63, 3.8) is 0 Å². The second-order valence-corrected chi connectivity index (χ2v) is 8.03. The number of nitrogens with one attached hydrogen (secondary N) is 2. The van der Waals surface area contributed by atoms with Crippen molar-refractivity contribution in [3.05, 3.63) is 88.9 Å². The maximum absolute atomic E-state index is 12.6. The Balaban J connectivity index is 1.85. The number of rotatable bonds is 5. The van der Waals surface area contributed by atoms with E-state index in [0.717, 1.165) is 5.56 Å². The number of sulfonamides is 1. The minimum atomic E-state index is -3.76. The smallest absolute Gasteiger partial charge is 0.261 e. The molecule has 5 nitrogen and oxygen atoms in total. The molecule has 0 heterocycles. The molecule has 0 aliphatic rings. The fraction of sp³-hybridized carbons (Fsp3) is 0.0500. The molecule has 138 valence electrons. The van der Waals surface area contributed by atoms with Gasteiger partial charge in [-0.15, -0.1) is 0 Å². The summed E-state index contributed by atoms with van der Waals surface area (Å²) in [5.74, 6) is -0.425. The van der Waals surface area contributed by atoms with Crippen LogP contribution in [0.5, 0.6) is 0 Å². The van der Waals surface area contributed by atoms with E-state index in [-0.39, 0.29) is 21.2 Å². The zero-order valence-corrected chi connectivity index (χ0v) is 16.0. The molecule has 0 fully saturated rings. The van der Waals surface area contributed by atoms with Gasteiger partial charge in [0, 0.05) is 11.4 Å². The molecule has 2 N–H and O–H groups in total. The Hall–Kier alpha value is -2.83. The molecule has 0 aliphatic heterocycles. The number of carbonyl (C=O) groups is 1. The molecular weight excluding hydrogens is 384 g/mol. The highest BCUT2D eigenvalue weighted by Gasteiger charge is 2.16. The van der Waals surface area contributed by atoms with Crippen molar-refractivity contribution in [2.24, 2.45) is 0 Å². The van der Waals surface area contributed by atoms with Gasteiger partial charge in [0.15, 0.2) is 0 Å². The molecule has 0 saturated carbocycles. The Bertz CT molecular complexity index is 1080. The van der Waals surface area contributed by atoms with Crippen molar-refractivity contribution < 1.29 is 13.2 Å². The summed E-state index contributed by atoms with van der Waals surface area (Å²) in [6, 6.07) is 19.7. The second-order valence-electron chi connectivity index (χ2n) is 5.94. The summed E-state index contributed by atoms with van der Waals surface area (Å²) in [5, 5.41) is 2.99. The molecule has 3 rings (SSSR count). The quantitative estimate of drug-likeness (QED) is 0.651. The van der Waals surface area contributed by atoms with Gasteiger partial charge in [0.1, 0.15) is 0 Å². The van der Waals surface area contributed by atoms with Crippen LogP contribution < -0.4 is 10.0 Å². The van der Waals surface area contributed by atoms with Crippen LogP contribution in [0.3, 0.4) is 0 Å². The number of amides is 1. The Labute approximate surface area is 163 Å². The SMILES string of the molecule is Cc1cccc(NC(=O)c2cc(NS(=O)(=O)c3ccccc3)ccc2Cl)c1. The molecule has 0 saturated heterocycles. The van der Waals surface area contributed by atoms with E-state index in [1.165, 1.54) is 30.3 Å². The molecular formula is C20H17ClN2O3S. The summed E-state index contributed by atoms with van der Waals surface area (Å²) in [6.07, 6.45) is 0. The van der Waals surface area contributed by atoms with E-state index in [1.807, 2.05) is 25.1 Å². The van der Waals surface area contributed by atoms with Crippen molar-refractivity contribution in [1.29, 1.82) is 0 Å². The first-order valence-electron chi connectivity index (χ1n) is 8.10. The van der Waals surface area contributed by atoms with Gasteiger partial charge >= 0.3 is 0 Å². The summed E-state index contributed by atoms with van der Waals surface area (Å²) >= 11 is 6.14. The zero-order valence-electron chi connectivity index (χ0n) is 14.4. The first-order valence-corrected chi connectivity index (χ1v) is 9.97. The first-order chi connectivity index (χ1) is 12.8. The molecule has 3 aromatic carbocycles. The summed E-state index contributed by atoms with van der Waals surface area (Å²) in [4.78, 5) is 12.7. The minimum absolute atomic E-state index is 0.130. The lowest BCUT2D eigenvalue weighted by Crippen LogP contribution is -2.15. The van der Waals surface area contributed by atoms with Gasteiger partial charge in [0.25, 0.3) is 15.9 Å². The van der Waals surface area contributed by atoms with E-state index in [2.05, 4.69) is 10.0 Å². The lowest BCUT2D eigenvalue weighted by molar-refractivity contribution is 0.102. The van der Waals surface area contributed by atoms with E-state index in [9.17, 15) is 13.2 Å². The van der Waals surface area contributed by atoms with Gasteiger partial charge in [-0.3, -0.25) is 9.52 Å². The number of halogens is 1. The maximum atomic E-state index is 12.6. The molecule has 1 amide bonds. The molecule has 0 unspecified atom stereocenters. The highest BCUT2D eigenvalue weighted by Crippen LogP contribution is 2.24. The van der Waals surface area contributed by atoms with E-state index in [1.54, 1.807) is 24.3 Å². The first kappa shape index (κ1) is 18.9. The normalized spacial score (nSPS) is 11.0. The average Bonchev–Trinajstić information content (AvgIpc) is 2.64. The number of hydrogen-bond acceptors (Lipinski definition) is 3. The standard InChI is InChI=1S/C20H17ClN2O3S/c1-14-6-5-7-15(12-14)22-20(24)18-13-16(10-11-19(18)21)23-27(25,26)17-8-3-2-4-9-17/h2-13,23H,1H3,(H,22,24). The van der Waals surface area contributed by atoms with Gasteiger partial charge < -0.3 is 5.32 Å². The van der Waals surface area contributed by atoms with Crippen LogP contribution in [-0.2, 0) is 10.0 Å². The van der Waals surface area contributed by atoms with Gasteiger partial charge in [0.2, 0.25) is 0 Å². The fourth-order valence-corrected chi connectivity index (χ4v) is 3.77. The summed E-state index contributed by atoms with van der Waals surface area (Å²) < 4.78 is 27.4. The summed E-state index contributed by atoms with van der Waals surface area (Å²) in [7, 11) is -3.76. The topological polar surface area (TPSA) is 75.3 Å². The van der Waals surface area contributed by atoms with E-state index < -0.39 is 15.9 Å². The fourth-order valence-electron chi connectivity index (χ4n) is 2.50. The molecule has 27 heavy (non-hydrogen) atoms. The maximum Gasteiger partial charge on any atom is 0.261 e. The highest BCUT2D eigenvalue weighted by molar-refractivity contribution is 7.92.